The number of nitrogens with two attached hydrogens (primary N) is 1. The molecule has 2 fully saturated rings. The van der Waals surface area contributed by atoms with Crippen molar-refractivity contribution in [2.24, 2.45) is 5.73 Å². The van der Waals surface area contributed by atoms with Gasteiger partial charge in [0.15, 0.2) is 11.6 Å². The predicted octanol–water partition coefficient (Wildman–Crippen LogP) is 2.61. The third-order valence-electron chi connectivity index (χ3n) is 4.66. The van der Waals surface area contributed by atoms with Gasteiger partial charge in [0.2, 0.25) is 0 Å². The summed E-state index contributed by atoms with van der Waals surface area (Å²) in [5.74, 6) is -1.65. The van der Waals surface area contributed by atoms with Crippen LogP contribution >= 0.6 is 0 Å². The number of hydrogen-bond acceptors (Lipinski definition) is 3. The number of hydrogen-bond donors (Lipinski definition) is 1. The van der Waals surface area contributed by atoms with E-state index in [0.717, 1.165) is 25.5 Å². The van der Waals surface area contributed by atoms with Crippen LogP contribution in [-0.4, -0.2) is 36.7 Å². The zero-order valence-electron chi connectivity index (χ0n) is 12.1. The van der Waals surface area contributed by atoms with Crippen LogP contribution in [0.2, 0.25) is 0 Å². The molecule has 1 saturated heterocycles. The van der Waals surface area contributed by atoms with E-state index >= 15 is 0 Å². The first-order valence-electron chi connectivity index (χ1n) is 7.72. The molecule has 1 aromatic carbocycles. The average molecular weight is 296 g/mol. The second-order valence-electron chi connectivity index (χ2n) is 6.01. The van der Waals surface area contributed by atoms with Crippen LogP contribution < -0.4 is 5.73 Å². The highest BCUT2D eigenvalue weighted by Gasteiger charge is 2.35. The second-order valence-corrected chi connectivity index (χ2v) is 6.01. The summed E-state index contributed by atoms with van der Waals surface area (Å²) in [7, 11) is 0. The van der Waals surface area contributed by atoms with Crippen molar-refractivity contribution >= 4 is 0 Å². The lowest BCUT2D eigenvalue weighted by atomic mass is 9.89. The van der Waals surface area contributed by atoms with Gasteiger partial charge in [-0.25, -0.2) is 8.78 Å². The first kappa shape index (κ1) is 14.9. The number of rotatable bonds is 3. The number of halogens is 2. The van der Waals surface area contributed by atoms with Crippen molar-refractivity contribution in [2.75, 3.05) is 19.7 Å². The van der Waals surface area contributed by atoms with Crippen LogP contribution in [0.15, 0.2) is 18.2 Å². The molecule has 1 saturated carbocycles. The molecule has 5 heteroatoms. The summed E-state index contributed by atoms with van der Waals surface area (Å²) >= 11 is 0. The first-order chi connectivity index (χ1) is 10.2. The van der Waals surface area contributed by atoms with Crippen molar-refractivity contribution in [1.82, 2.24) is 4.90 Å². The van der Waals surface area contributed by atoms with Gasteiger partial charge in [0, 0.05) is 30.7 Å². The first-order valence-corrected chi connectivity index (χ1v) is 7.72. The molecule has 21 heavy (non-hydrogen) atoms. The van der Waals surface area contributed by atoms with Crippen LogP contribution in [0.4, 0.5) is 8.78 Å². The molecular formula is C16H22F2N2O. The van der Waals surface area contributed by atoms with E-state index in [-0.39, 0.29) is 11.7 Å². The zero-order chi connectivity index (χ0) is 14.8. The number of fused-ring (bicyclic) bond motifs is 1. The molecule has 1 heterocycles. The Labute approximate surface area is 124 Å². The van der Waals surface area contributed by atoms with E-state index in [0.29, 0.717) is 19.2 Å². The maximum atomic E-state index is 13.8. The Bertz CT molecular complexity index is 495. The van der Waals surface area contributed by atoms with Crippen LogP contribution in [0.3, 0.4) is 0 Å². The van der Waals surface area contributed by atoms with Gasteiger partial charge in [-0.3, -0.25) is 4.90 Å². The van der Waals surface area contributed by atoms with Crippen molar-refractivity contribution in [1.29, 1.82) is 0 Å². The highest BCUT2D eigenvalue weighted by molar-refractivity contribution is 5.22. The SMILES string of the molecule is NC(CN1CCOC2CCCCC21)c1cccc(F)c1F. The molecular weight excluding hydrogens is 274 g/mol. The fourth-order valence-corrected chi connectivity index (χ4v) is 3.56. The molecule has 2 aliphatic rings. The van der Waals surface area contributed by atoms with Crippen LogP contribution in [0.25, 0.3) is 0 Å². The maximum Gasteiger partial charge on any atom is 0.163 e. The Balaban J connectivity index is 1.71. The second kappa shape index (κ2) is 6.38. The Kier molecular flexibility index (Phi) is 4.52. The van der Waals surface area contributed by atoms with Crippen molar-refractivity contribution < 1.29 is 13.5 Å². The molecule has 1 aromatic rings. The molecule has 0 aromatic heterocycles. The molecule has 3 atom stereocenters. The third kappa shape index (κ3) is 3.10. The van der Waals surface area contributed by atoms with Gasteiger partial charge in [0.05, 0.1) is 12.7 Å². The van der Waals surface area contributed by atoms with Gasteiger partial charge in [0.1, 0.15) is 0 Å². The lowest BCUT2D eigenvalue weighted by molar-refractivity contribution is -0.0894. The van der Waals surface area contributed by atoms with Gasteiger partial charge in [0.25, 0.3) is 0 Å². The highest BCUT2D eigenvalue weighted by Crippen LogP contribution is 2.30. The van der Waals surface area contributed by atoms with E-state index in [4.69, 9.17) is 10.5 Å². The van der Waals surface area contributed by atoms with E-state index in [1.165, 1.54) is 18.9 Å². The number of benzene rings is 1. The Morgan fingerprint density at radius 1 is 1.29 bits per heavy atom. The lowest BCUT2D eigenvalue weighted by Crippen LogP contribution is -2.54. The monoisotopic (exact) mass is 296 g/mol. The van der Waals surface area contributed by atoms with E-state index in [1.54, 1.807) is 6.07 Å². The molecule has 0 bridgehead atoms. The van der Waals surface area contributed by atoms with Crippen molar-refractivity contribution in [2.45, 2.75) is 43.9 Å². The summed E-state index contributed by atoms with van der Waals surface area (Å²) in [5, 5.41) is 0. The van der Waals surface area contributed by atoms with Gasteiger partial charge >= 0.3 is 0 Å². The molecule has 0 radical (unpaired) electrons. The minimum Gasteiger partial charge on any atom is -0.375 e. The summed E-state index contributed by atoms with van der Waals surface area (Å²) in [6.07, 6.45) is 4.87. The van der Waals surface area contributed by atoms with Gasteiger partial charge in [-0.05, 0) is 18.9 Å². The van der Waals surface area contributed by atoms with E-state index in [2.05, 4.69) is 4.90 Å². The maximum absolute atomic E-state index is 13.8. The summed E-state index contributed by atoms with van der Waals surface area (Å²) < 4.78 is 33.0. The molecule has 0 spiro atoms. The summed E-state index contributed by atoms with van der Waals surface area (Å²) in [6.45, 7) is 2.05. The van der Waals surface area contributed by atoms with Crippen LogP contribution in [0.5, 0.6) is 0 Å². The molecule has 116 valence electrons. The largest absolute Gasteiger partial charge is 0.375 e. The standard InChI is InChI=1S/C16H22F2N2O/c17-12-5-3-4-11(16(12)18)13(19)10-20-8-9-21-15-7-2-1-6-14(15)20/h3-5,13-15H,1-2,6-10,19H2. The summed E-state index contributed by atoms with van der Waals surface area (Å²) in [5.41, 5.74) is 6.39. The molecule has 1 aliphatic carbocycles. The van der Waals surface area contributed by atoms with Crippen molar-refractivity contribution in [3.05, 3.63) is 35.4 Å². The molecule has 3 unspecified atom stereocenters. The predicted molar refractivity (Wildman–Crippen MR) is 76.9 cm³/mol. The number of nitrogens with zero attached hydrogens (tertiary/aromatic N) is 1. The summed E-state index contributed by atoms with van der Waals surface area (Å²) in [4.78, 5) is 2.29. The van der Waals surface area contributed by atoms with Crippen LogP contribution in [0.1, 0.15) is 37.3 Å². The van der Waals surface area contributed by atoms with Gasteiger partial charge in [-0.1, -0.05) is 25.0 Å². The van der Waals surface area contributed by atoms with Gasteiger partial charge in [-0.2, -0.15) is 0 Å². The molecule has 1 aliphatic heterocycles. The number of ether oxygens (including phenoxy) is 1. The zero-order valence-corrected chi connectivity index (χ0v) is 12.1. The normalized spacial score (nSPS) is 28.1. The third-order valence-corrected chi connectivity index (χ3v) is 4.66. The molecule has 3 nitrogen and oxygen atoms in total. The molecule has 0 amide bonds. The smallest absolute Gasteiger partial charge is 0.163 e. The quantitative estimate of drug-likeness (QED) is 0.932. The topological polar surface area (TPSA) is 38.5 Å². The minimum absolute atomic E-state index is 0.258. The number of morpholine rings is 1. The van der Waals surface area contributed by atoms with E-state index < -0.39 is 17.7 Å². The summed E-state index contributed by atoms with van der Waals surface area (Å²) in [6, 6.07) is 4.06. The van der Waals surface area contributed by atoms with Crippen LogP contribution in [-0.2, 0) is 4.74 Å². The van der Waals surface area contributed by atoms with Gasteiger partial charge in [-0.15, -0.1) is 0 Å². The Morgan fingerprint density at radius 2 is 2.10 bits per heavy atom. The average Bonchev–Trinajstić information content (AvgIpc) is 2.50. The molecule has 3 rings (SSSR count). The Hall–Kier alpha value is -1.04. The van der Waals surface area contributed by atoms with E-state index in [1.807, 2.05) is 0 Å². The fourth-order valence-electron chi connectivity index (χ4n) is 3.56. The van der Waals surface area contributed by atoms with Crippen molar-refractivity contribution in [3.8, 4) is 0 Å². The molecule has 2 N–H and O–H groups in total. The van der Waals surface area contributed by atoms with Crippen LogP contribution in [0, 0.1) is 11.6 Å². The minimum atomic E-state index is -0.833. The Morgan fingerprint density at radius 3 is 2.95 bits per heavy atom. The van der Waals surface area contributed by atoms with Crippen molar-refractivity contribution in [3.63, 3.8) is 0 Å². The lowest BCUT2D eigenvalue weighted by Gasteiger charge is -2.44. The fraction of sp³-hybridized carbons (Fsp3) is 0.625. The van der Waals surface area contributed by atoms with Gasteiger partial charge < -0.3 is 10.5 Å². The van der Waals surface area contributed by atoms with E-state index in [9.17, 15) is 8.78 Å². The highest BCUT2D eigenvalue weighted by atomic mass is 19.2.